The lowest BCUT2D eigenvalue weighted by Crippen LogP contribution is -1.84. The third-order valence-electron chi connectivity index (χ3n) is 2.72. The number of aldehydes is 1. The Kier molecular flexibility index (Phi) is 6.60. The van der Waals surface area contributed by atoms with Gasteiger partial charge in [0.1, 0.15) is 12.0 Å². The van der Waals surface area contributed by atoms with E-state index in [9.17, 15) is 4.79 Å². The van der Waals surface area contributed by atoms with E-state index in [4.69, 9.17) is 4.74 Å². The second-order valence-electron chi connectivity index (χ2n) is 4.14. The van der Waals surface area contributed by atoms with E-state index >= 15 is 0 Å². The molecule has 0 spiro atoms. The molecule has 0 saturated heterocycles. The normalized spacial score (nSPS) is 9.44. The molecule has 0 atom stereocenters. The Labute approximate surface area is 109 Å². The van der Waals surface area contributed by atoms with Gasteiger partial charge in [-0.1, -0.05) is 25.5 Å². The van der Waals surface area contributed by atoms with Gasteiger partial charge >= 0.3 is 0 Å². The van der Waals surface area contributed by atoms with Crippen molar-refractivity contribution in [3.05, 3.63) is 41.1 Å². The van der Waals surface area contributed by atoms with E-state index in [1.54, 1.807) is 7.11 Å². The van der Waals surface area contributed by atoms with Crippen molar-refractivity contribution in [3.8, 4) is 5.75 Å². The van der Waals surface area contributed by atoms with Crippen molar-refractivity contribution >= 4 is 12.4 Å². The molecule has 96 valence electrons. The largest absolute Gasteiger partial charge is 0.497 e. The maximum Gasteiger partial charge on any atom is 0.124 e. The number of ether oxygens (including phenoxy) is 1. The molecule has 0 amide bonds. The Balaban J connectivity index is 2.79. The second-order valence-corrected chi connectivity index (χ2v) is 4.14. The summed E-state index contributed by atoms with van der Waals surface area (Å²) in [5, 5.41) is 0. The smallest absolute Gasteiger partial charge is 0.124 e. The highest BCUT2D eigenvalue weighted by molar-refractivity contribution is 5.56. The highest BCUT2D eigenvalue weighted by atomic mass is 16.5. The molecule has 0 aromatic heterocycles. The Morgan fingerprint density at radius 2 is 2.06 bits per heavy atom. The zero-order valence-electron chi connectivity index (χ0n) is 11.1. The average molecular weight is 244 g/mol. The molecule has 18 heavy (non-hydrogen) atoms. The van der Waals surface area contributed by atoms with E-state index in [2.05, 4.69) is 12.7 Å². The molecule has 1 rings (SSSR count). The lowest BCUT2D eigenvalue weighted by atomic mass is 10.1. The van der Waals surface area contributed by atoms with E-state index in [0.29, 0.717) is 6.42 Å². The van der Waals surface area contributed by atoms with Gasteiger partial charge in [0.05, 0.1) is 7.11 Å². The monoisotopic (exact) mass is 244 g/mol. The third-order valence-corrected chi connectivity index (χ3v) is 2.72. The maximum atomic E-state index is 10.6. The molecule has 1 aromatic carbocycles. The topological polar surface area (TPSA) is 26.3 Å². The van der Waals surface area contributed by atoms with Crippen LogP contribution in [0.15, 0.2) is 35.6 Å². The van der Waals surface area contributed by atoms with Gasteiger partial charge in [-0.15, -0.1) is 5.73 Å². The van der Waals surface area contributed by atoms with Crippen LogP contribution in [0.1, 0.15) is 38.2 Å². The van der Waals surface area contributed by atoms with Crippen LogP contribution in [0.2, 0.25) is 0 Å². The first-order valence-electron chi connectivity index (χ1n) is 6.32. The zero-order chi connectivity index (χ0) is 13.2. The van der Waals surface area contributed by atoms with Crippen LogP contribution in [0.5, 0.6) is 5.75 Å². The van der Waals surface area contributed by atoms with Gasteiger partial charge in [0.25, 0.3) is 0 Å². The fourth-order valence-corrected chi connectivity index (χ4v) is 1.61. The molecule has 0 aliphatic carbocycles. The van der Waals surface area contributed by atoms with Crippen molar-refractivity contribution < 1.29 is 9.53 Å². The van der Waals surface area contributed by atoms with Crippen molar-refractivity contribution in [2.75, 3.05) is 7.11 Å². The number of benzene rings is 1. The Morgan fingerprint density at radius 3 is 2.61 bits per heavy atom. The number of carbonyl (C=O) groups is 1. The lowest BCUT2D eigenvalue weighted by molar-refractivity contribution is -0.107. The zero-order valence-corrected chi connectivity index (χ0v) is 11.1. The summed E-state index contributed by atoms with van der Waals surface area (Å²) in [6.45, 7) is 2.14. The Morgan fingerprint density at radius 1 is 1.33 bits per heavy atom. The summed E-state index contributed by atoms with van der Waals surface area (Å²) in [6, 6.07) is 7.78. The van der Waals surface area contributed by atoms with E-state index < -0.39 is 0 Å². The molecule has 0 radical (unpaired) electrons. The van der Waals surface area contributed by atoms with Crippen molar-refractivity contribution in [1.82, 2.24) is 0 Å². The average Bonchev–Trinajstić information content (AvgIpc) is 2.42. The van der Waals surface area contributed by atoms with E-state index in [1.165, 1.54) is 0 Å². The number of hydrogen-bond acceptors (Lipinski definition) is 2. The number of unbranched alkanes of at least 4 members (excludes halogenated alkanes) is 1. The molecule has 1 aromatic rings. The summed E-state index contributed by atoms with van der Waals surface area (Å²) in [5.74, 6) is 0.843. The molecule has 0 bridgehead atoms. The van der Waals surface area contributed by atoms with Gasteiger partial charge in [0.15, 0.2) is 0 Å². The van der Waals surface area contributed by atoms with Crippen LogP contribution in [-0.4, -0.2) is 13.4 Å². The summed E-state index contributed by atoms with van der Waals surface area (Å²) in [4.78, 5) is 10.6. The number of methoxy groups -OCH3 is 1. The summed E-state index contributed by atoms with van der Waals surface area (Å²) in [6.07, 6.45) is 6.53. The Hall–Kier alpha value is -1.79. The standard InChI is InChI=1S/C16H20O2/c1-3-4-5-14(12-13-17)6-7-15-8-10-16(18-2)11-9-15/h7-11,13H,3-5,12H2,1-2H3. The van der Waals surface area contributed by atoms with Crippen molar-refractivity contribution in [3.63, 3.8) is 0 Å². The molecule has 2 nitrogen and oxygen atoms in total. The minimum absolute atomic E-state index is 0.479. The summed E-state index contributed by atoms with van der Waals surface area (Å²) >= 11 is 0. The number of rotatable bonds is 7. The van der Waals surface area contributed by atoms with E-state index in [-0.39, 0.29) is 0 Å². The molecule has 0 heterocycles. The number of carbonyl (C=O) groups excluding carboxylic acids is 1. The molecule has 2 heteroatoms. The van der Waals surface area contributed by atoms with Crippen molar-refractivity contribution in [1.29, 1.82) is 0 Å². The van der Waals surface area contributed by atoms with Gasteiger partial charge in [-0.2, -0.15) is 0 Å². The van der Waals surface area contributed by atoms with E-state index in [0.717, 1.165) is 42.4 Å². The summed E-state index contributed by atoms with van der Waals surface area (Å²) < 4.78 is 5.10. The van der Waals surface area contributed by atoms with Gasteiger partial charge in [0.2, 0.25) is 0 Å². The molecular formula is C16H20O2. The van der Waals surface area contributed by atoms with E-state index in [1.807, 2.05) is 30.3 Å². The first kappa shape index (κ1) is 14.3. The van der Waals surface area contributed by atoms with Crippen LogP contribution in [-0.2, 0) is 4.79 Å². The quantitative estimate of drug-likeness (QED) is 0.535. The third kappa shape index (κ3) is 5.03. The molecular weight excluding hydrogens is 224 g/mol. The molecule has 0 unspecified atom stereocenters. The Bertz CT molecular complexity index is 423. The summed E-state index contributed by atoms with van der Waals surface area (Å²) in [5.41, 5.74) is 5.37. The van der Waals surface area contributed by atoms with Crippen LogP contribution >= 0.6 is 0 Å². The van der Waals surface area contributed by atoms with Crippen LogP contribution < -0.4 is 4.74 Å². The highest BCUT2D eigenvalue weighted by Gasteiger charge is 1.95. The highest BCUT2D eigenvalue weighted by Crippen LogP contribution is 2.13. The van der Waals surface area contributed by atoms with Crippen LogP contribution in [0, 0.1) is 0 Å². The first-order valence-corrected chi connectivity index (χ1v) is 6.32. The van der Waals surface area contributed by atoms with Gasteiger partial charge in [0, 0.05) is 6.42 Å². The predicted octanol–water partition coefficient (Wildman–Crippen LogP) is 4.01. The fraction of sp³-hybridized carbons (Fsp3) is 0.375. The van der Waals surface area contributed by atoms with Crippen LogP contribution in [0.4, 0.5) is 0 Å². The SMILES string of the molecule is CCCCC(=C=Cc1ccc(OC)cc1)CC=O. The molecule has 0 aliphatic heterocycles. The molecule has 0 saturated carbocycles. The minimum Gasteiger partial charge on any atom is -0.497 e. The van der Waals surface area contributed by atoms with Gasteiger partial charge in [-0.3, -0.25) is 0 Å². The number of hydrogen-bond donors (Lipinski definition) is 0. The lowest BCUT2D eigenvalue weighted by Gasteiger charge is -1.99. The first-order chi connectivity index (χ1) is 8.80. The van der Waals surface area contributed by atoms with Crippen molar-refractivity contribution in [2.45, 2.75) is 32.6 Å². The molecule has 0 aliphatic rings. The minimum atomic E-state index is 0.479. The molecule has 0 fully saturated rings. The predicted molar refractivity (Wildman–Crippen MR) is 74.7 cm³/mol. The fourth-order valence-electron chi connectivity index (χ4n) is 1.61. The van der Waals surface area contributed by atoms with Gasteiger partial charge in [-0.25, -0.2) is 0 Å². The van der Waals surface area contributed by atoms with Crippen molar-refractivity contribution in [2.24, 2.45) is 0 Å². The summed E-state index contributed by atoms with van der Waals surface area (Å²) in [7, 11) is 1.65. The van der Waals surface area contributed by atoms with Gasteiger partial charge in [-0.05, 0) is 42.2 Å². The van der Waals surface area contributed by atoms with Crippen LogP contribution in [0.3, 0.4) is 0 Å². The molecule has 0 N–H and O–H groups in total. The van der Waals surface area contributed by atoms with Gasteiger partial charge < -0.3 is 9.53 Å². The van der Waals surface area contributed by atoms with Crippen LogP contribution in [0.25, 0.3) is 6.08 Å². The second kappa shape index (κ2) is 8.32. The maximum absolute atomic E-state index is 10.6. The number of allylic oxidation sites excluding steroid dienone is 1.